The second kappa shape index (κ2) is 16.1. The number of fused-ring (bicyclic) bond motifs is 1. The molecule has 6 N–H and O–H groups in total. The number of carboxylic acid groups (broad SMARTS) is 1. The van der Waals surface area contributed by atoms with E-state index >= 15 is 0 Å². The van der Waals surface area contributed by atoms with Crippen molar-refractivity contribution in [3.63, 3.8) is 0 Å². The quantitative estimate of drug-likeness (QED) is 0.134. The van der Waals surface area contributed by atoms with Gasteiger partial charge in [0.05, 0.1) is 25.9 Å². The van der Waals surface area contributed by atoms with E-state index < -0.39 is 48.2 Å². The van der Waals surface area contributed by atoms with Crippen molar-refractivity contribution in [3.05, 3.63) is 65.5 Å². The Morgan fingerprint density at radius 2 is 1.79 bits per heavy atom. The number of amides is 5. The SMILES string of the molecule is CCC(C)C(NC(=O)Cc1ccccc1)C(=O)NCC(=O)N1c2cc(NC(=O)CCC(=O)O)ccc2C[C@H]1C(=O)NCc1nn[nH]n1. The molecule has 1 aliphatic rings. The number of hydrogen-bond acceptors (Lipinski definition) is 9. The molecule has 248 valence electrons. The average Bonchev–Trinajstić information content (AvgIpc) is 3.72. The number of aromatic amines is 1. The lowest BCUT2D eigenvalue weighted by atomic mass is 9.98. The van der Waals surface area contributed by atoms with Crippen molar-refractivity contribution < 1.29 is 33.9 Å². The number of carbonyl (C=O) groups excluding carboxylic acids is 5. The summed E-state index contributed by atoms with van der Waals surface area (Å²) in [5.74, 6) is -3.67. The zero-order valence-corrected chi connectivity index (χ0v) is 26.0. The lowest BCUT2D eigenvalue weighted by Crippen LogP contribution is -2.54. The number of aliphatic carboxylic acids is 1. The van der Waals surface area contributed by atoms with Crippen LogP contribution in [0.2, 0.25) is 0 Å². The third-order valence-electron chi connectivity index (χ3n) is 7.73. The minimum absolute atomic E-state index is 0.0505. The number of nitrogens with one attached hydrogen (secondary N) is 5. The fourth-order valence-electron chi connectivity index (χ4n) is 5.07. The number of hydrogen-bond donors (Lipinski definition) is 6. The molecular formula is C31H37N9O7. The van der Waals surface area contributed by atoms with E-state index in [4.69, 9.17) is 5.11 Å². The number of nitrogens with zero attached hydrogens (tertiary/aromatic N) is 4. The predicted octanol–water partition coefficient (Wildman–Crippen LogP) is 0.467. The van der Waals surface area contributed by atoms with Gasteiger partial charge in [0.1, 0.15) is 12.1 Å². The van der Waals surface area contributed by atoms with Crippen LogP contribution >= 0.6 is 0 Å². The number of carboxylic acids is 1. The van der Waals surface area contributed by atoms with E-state index in [0.29, 0.717) is 23.4 Å². The zero-order valence-electron chi connectivity index (χ0n) is 26.0. The molecule has 3 aromatic rings. The summed E-state index contributed by atoms with van der Waals surface area (Å²) < 4.78 is 0. The van der Waals surface area contributed by atoms with Crippen LogP contribution in [0.5, 0.6) is 0 Å². The molecular weight excluding hydrogens is 610 g/mol. The molecule has 0 radical (unpaired) electrons. The molecule has 0 saturated heterocycles. The van der Waals surface area contributed by atoms with Gasteiger partial charge in [-0.15, -0.1) is 10.2 Å². The van der Waals surface area contributed by atoms with Crippen molar-refractivity contribution in [2.45, 2.75) is 64.6 Å². The highest BCUT2D eigenvalue weighted by atomic mass is 16.4. The van der Waals surface area contributed by atoms with Crippen LogP contribution in [0.1, 0.15) is 50.1 Å². The first-order valence-corrected chi connectivity index (χ1v) is 15.1. The summed E-state index contributed by atoms with van der Waals surface area (Å²) in [6.45, 7) is 3.17. The fourth-order valence-corrected chi connectivity index (χ4v) is 5.07. The van der Waals surface area contributed by atoms with Gasteiger partial charge in [-0.05, 0) is 29.2 Å². The van der Waals surface area contributed by atoms with Gasteiger partial charge in [-0.25, -0.2) is 0 Å². The summed E-state index contributed by atoms with van der Waals surface area (Å²) in [7, 11) is 0. The maximum absolute atomic E-state index is 13.7. The van der Waals surface area contributed by atoms with E-state index in [2.05, 4.69) is 41.9 Å². The molecule has 16 nitrogen and oxygen atoms in total. The van der Waals surface area contributed by atoms with Crippen molar-refractivity contribution in [1.29, 1.82) is 0 Å². The van der Waals surface area contributed by atoms with Gasteiger partial charge < -0.3 is 26.4 Å². The maximum atomic E-state index is 13.7. The van der Waals surface area contributed by atoms with Gasteiger partial charge in [0.2, 0.25) is 29.5 Å². The Kier molecular flexibility index (Phi) is 11.7. The Bertz CT molecular complexity index is 1600. The maximum Gasteiger partial charge on any atom is 0.303 e. The first kappa shape index (κ1) is 34.2. The molecule has 0 aliphatic carbocycles. The number of carbonyl (C=O) groups is 6. The second-order valence-corrected chi connectivity index (χ2v) is 11.1. The van der Waals surface area contributed by atoms with Gasteiger partial charge in [0, 0.05) is 24.2 Å². The van der Waals surface area contributed by atoms with E-state index in [1.54, 1.807) is 12.1 Å². The smallest absolute Gasteiger partial charge is 0.303 e. The van der Waals surface area contributed by atoms with Crippen molar-refractivity contribution >= 4 is 46.9 Å². The van der Waals surface area contributed by atoms with Crippen LogP contribution in [0, 0.1) is 5.92 Å². The number of benzene rings is 2. The molecule has 3 atom stereocenters. The highest BCUT2D eigenvalue weighted by molar-refractivity contribution is 6.06. The monoisotopic (exact) mass is 647 g/mol. The van der Waals surface area contributed by atoms with Crippen LogP contribution < -0.4 is 26.2 Å². The van der Waals surface area contributed by atoms with Gasteiger partial charge in [-0.2, -0.15) is 5.21 Å². The van der Waals surface area contributed by atoms with Crippen LogP contribution in [-0.4, -0.2) is 79.9 Å². The van der Waals surface area contributed by atoms with Crippen molar-refractivity contribution in [2.24, 2.45) is 5.92 Å². The summed E-state index contributed by atoms with van der Waals surface area (Å²) in [4.78, 5) is 77.6. The lowest BCUT2D eigenvalue weighted by Gasteiger charge is -2.27. The molecule has 0 spiro atoms. The van der Waals surface area contributed by atoms with Crippen molar-refractivity contribution in [2.75, 3.05) is 16.8 Å². The predicted molar refractivity (Wildman–Crippen MR) is 167 cm³/mol. The molecule has 1 aromatic heterocycles. The molecule has 0 bridgehead atoms. The Balaban J connectivity index is 1.49. The van der Waals surface area contributed by atoms with Crippen LogP contribution in [0.3, 0.4) is 0 Å². The van der Waals surface area contributed by atoms with Crippen LogP contribution in [-0.2, 0) is 48.2 Å². The molecule has 1 aliphatic heterocycles. The molecule has 16 heteroatoms. The molecule has 0 saturated carbocycles. The normalized spacial score (nSPS) is 14.8. The number of H-pyrrole nitrogens is 1. The summed E-state index contributed by atoms with van der Waals surface area (Å²) in [5, 5.41) is 33.0. The molecule has 5 amide bonds. The molecule has 4 rings (SSSR count). The lowest BCUT2D eigenvalue weighted by molar-refractivity contribution is -0.138. The Hall–Kier alpha value is -5.67. The molecule has 47 heavy (non-hydrogen) atoms. The Labute approximate surface area is 270 Å². The summed E-state index contributed by atoms with van der Waals surface area (Å²) in [6.07, 6.45) is 0.210. The second-order valence-electron chi connectivity index (χ2n) is 11.1. The van der Waals surface area contributed by atoms with E-state index in [1.807, 2.05) is 44.2 Å². The van der Waals surface area contributed by atoms with Crippen molar-refractivity contribution in [3.8, 4) is 0 Å². The van der Waals surface area contributed by atoms with Crippen LogP contribution in [0.15, 0.2) is 48.5 Å². The largest absolute Gasteiger partial charge is 0.481 e. The minimum Gasteiger partial charge on any atom is -0.481 e. The zero-order chi connectivity index (χ0) is 33.9. The van der Waals surface area contributed by atoms with Crippen LogP contribution in [0.25, 0.3) is 0 Å². The highest BCUT2D eigenvalue weighted by Gasteiger charge is 2.39. The molecule has 0 fully saturated rings. The number of aromatic nitrogens is 4. The summed E-state index contributed by atoms with van der Waals surface area (Å²) >= 11 is 0. The third kappa shape index (κ3) is 9.42. The topological polar surface area (TPSA) is 228 Å². The first-order valence-electron chi connectivity index (χ1n) is 15.1. The number of tetrazole rings is 1. The summed E-state index contributed by atoms with van der Waals surface area (Å²) in [6, 6.07) is 12.0. The van der Waals surface area contributed by atoms with E-state index in [9.17, 15) is 28.8 Å². The standard InChI is InChI=1S/C31H37N9O7/c1-3-18(2)29(35-26(42)13-19-7-5-4-6-8-19)31(47)33-17-27(43)40-22-15-21(34-25(41)11-12-28(44)45)10-9-20(22)14-23(40)30(46)32-16-24-36-38-39-37-24/h4-10,15,18,23,29H,3,11-14,16-17H2,1-2H3,(H,32,46)(H,33,47)(H,34,41)(H,35,42)(H,44,45)(H,36,37,38,39)/t18?,23-,29?/m0/s1. The molecule has 2 heterocycles. The van der Waals surface area contributed by atoms with Crippen molar-refractivity contribution in [1.82, 2.24) is 36.6 Å². The van der Waals surface area contributed by atoms with Gasteiger partial charge in [-0.3, -0.25) is 33.7 Å². The summed E-state index contributed by atoms with van der Waals surface area (Å²) in [5.41, 5.74) is 2.07. The molecule has 2 unspecified atom stereocenters. The van der Waals surface area contributed by atoms with E-state index in [0.717, 1.165) is 5.56 Å². The van der Waals surface area contributed by atoms with E-state index in [1.165, 1.54) is 11.0 Å². The average molecular weight is 648 g/mol. The third-order valence-corrected chi connectivity index (χ3v) is 7.73. The highest BCUT2D eigenvalue weighted by Crippen LogP contribution is 2.35. The van der Waals surface area contributed by atoms with Gasteiger partial charge in [0.15, 0.2) is 5.82 Å². The van der Waals surface area contributed by atoms with Gasteiger partial charge in [0.25, 0.3) is 0 Å². The fraction of sp³-hybridized carbons (Fsp3) is 0.387. The van der Waals surface area contributed by atoms with Crippen LogP contribution in [0.4, 0.5) is 11.4 Å². The minimum atomic E-state index is -1.12. The molecule has 2 aromatic carbocycles. The number of rotatable bonds is 15. The Morgan fingerprint density at radius 3 is 2.47 bits per heavy atom. The number of anilines is 2. The van der Waals surface area contributed by atoms with E-state index in [-0.39, 0.29) is 49.9 Å². The van der Waals surface area contributed by atoms with Gasteiger partial charge >= 0.3 is 5.97 Å². The first-order chi connectivity index (χ1) is 22.5. The van der Waals surface area contributed by atoms with Gasteiger partial charge in [-0.1, -0.05) is 61.9 Å². The Morgan fingerprint density at radius 1 is 1.02 bits per heavy atom.